The molecular formula is C21H21N3O3. The van der Waals surface area contributed by atoms with Gasteiger partial charge in [0.05, 0.1) is 18.2 Å². The molecule has 0 radical (unpaired) electrons. The maximum Gasteiger partial charge on any atom is 0.283 e. The Morgan fingerprint density at radius 2 is 2.11 bits per heavy atom. The molecule has 2 heterocycles. The van der Waals surface area contributed by atoms with Crippen molar-refractivity contribution in [1.29, 1.82) is 5.26 Å². The molecule has 2 aliphatic heterocycles. The van der Waals surface area contributed by atoms with Crippen LogP contribution in [0.4, 0.5) is 0 Å². The molecule has 0 aromatic heterocycles. The van der Waals surface area contributed by atoms with Gasteiger partial charge in [0, 0.05) is 25.2 Å². The number of rotatable bonds is 4. The molecular weight excluding hydrogens is 342 g/mol. The summed E-state index contributed by atoms with van der Waals surface area (Å²) in [5, 5.41) is 9.18. The van der Waals surface area contributed by atoms with Crippen LogP contribution < -0.4 is 10.5 Å². The summed E-state index contributed by atoms with van der Waals surface area (Å²) in [6.07, 6.45) is 0.796. The number of fused-ring (bicyclic) bond motifs is 2. The molecule has 138 valence electrons. The van der Waals surface area contributed by atoms with Crippen molar-refractivity contribution in [3.63, 3.8) is 0 Å². The summed E-state index contributed by atoms with van der Waals surface area (Å²) < 4.78 is 16.9. The summed E-state index contributed by atoms with van der Waals surface area (Å²) in [7, 11) is 1.69. The first-order chi connectivity index (χ1) is 13.2. The predicted molar refractivity (Wildman–Crippen MR) is 101 cm³/mol. The molecule has 0 amide bonds. The minimum Gasteiger partial charge on any atom is -0.493 e. The molecule has 27 heavy (non-hydrogen) atoms. The Balaban J connectivity index is 1.81. The highest BCUT2D eigenvalue weighted by Crippen LogP contribution is 2.48. The van der Waals surface area contributed by atoms with Crippen LogP contribution in [0.1, 0.15) is 17.5 Å². The zero-order chi connectivity index (χ0) is 18.9. The lowest BCUT2D eigenvalue weighted by molar-refractivity contribution is 0.0739. The van der Waals surface area contributed by atoms with E-state index in [9.17, 15) is 5.26 Å². The van der Waals surface area contributed by atoms with Gasteiger partial charge in [0.1, 0.15) is 17.9 Å². The summed E-state index contributed by atoms with van der Waals surface area (Å²) >= 11 is 0. The van der Waals surface area contributed by atoms with Crippen LogP contribution in [0.15, 0.2) is 47.5 Å². The molecule has 2 aliphatic rings. The Morgan fingerprint density at radius 1 is 1.26 bits per heavy atom. The molecule has 0 fully saturated rings. The van der Waals surface area contributed by atoms with E-state index in [0.29, 0.717) is 25.4 Å². The van der Waals surface area contributed by atoms with Crippen LogP contribution in [0.5, 0.6) is 5.75 Å². The number of amidine groups is 1. The van der Waals surface area contributed by atoms with Gasteiger partial charge in [-0.05, 0) is 41.8 Å². The highest BCUT2D eigenvalue weighted by Gasteiger charge is 2.49. The van der Waals surface area contributed by atoms with E-state index in [1.54, 1.807) is 13.2 Å². The lowest BCUT2D eigenvalue weighted by Crippen LogP contribution is -2.43. The van der Waals surface area contributed by atoms with E-state index >= 15 is 0 Å². The van der Waals surface area contributed by atoms with Crippen LogP contribution in [0.2, 0.25) is 0 Å². The Hall–Kier alpha value is -3.04. The van der Waals surface area contributed by atoms with Crippen molar-refractivity contribution >= 4 is 6.02 Å². The number of ether oxygens (including phenoxy) is 3. The number of nitriles is 1. The van der Waals surface area contributed by atoms with Crippen LogP contribution in [0.25, 0.3) is 11.1 Å². The standard InChI is InChI=1S/C21H21N3O3/c1-25-8-7-17-12-26-19-6-5-16(15-4-2-3-14(9-15)11-22)10-18(19)21(17)13-27-20(23)24-21/h2-6,9-10,17H,7-8,12-13H2,1H3,(H2,23,24). The van der Waals surface area contributed by atoms with Gasteiger partial charge in [-0.25, -0.2) is 4.99 Å². The van der Waals surface area contributed by atoms with E-state index in [1.807, 2.05) is 30.3 Å². The van der Waals surface area contributed by atoms with Crippen molar-refractivity contribution in [2.24, 2.45) is 16.6 Å². The normalized spacial score (nSPS) is 23.1. The van der Waals surface area contributed by atoms with Crippen LogP contribution in [0.3, 0.4) is 0 Å². The maximum absolute atomic E-state index is 9.18. The number of benzene rings is 2. The van der Waals surface area contributed by atoms with Crippen molar-refractivity contribution in [3.8, 4) is 22.9 Å². The van der Waals surface area contributed by atoms with Crippen molar-refractivity contribution in [1.82, 2.24) is 0 Å². The average molecular weight is 363 g/mol. The summed E-state index contributed by atoms with van der Waals surface area (Å²) in [5.74, 6) is 0.901. The minimum absolute atomic E-state index is 0.103. The molecule has 2 unspecified atom stereocenters. The molecule has 6 heteroatoms. The molecule has 2 N–H and O–H groups in total. The Bertz CT molecular complexity index is 935. The molecule has 2 aromatic carbocycles. The second-order valence-corrected chi connectivity index (χ2v) is 6.86. The third-order valence-electron chi connectivity index (χ3n) is 5.31. The van der Waals surface area contributed by atoms with Gasteiger partial charge in [0.25, 0.3) is 6.02 Å². The van der Waals surface area contributed by atoms with E-state index in [4.69, 9.17) is 24.9 Å². The highest BCUT2D eigenvalue weighted by atomic mass is 16.5. The van der Waals surface area contributed by atoms with Gasteiger partial charge in [-0.2, -0.15) is 5.26 Å². The molecule has 2 aromatic rings. The number of aliphatic imine (C=N–C) groups is 1. The summed E-state index contributed by atoms with van der Waals surface area (Å²) in [6, 6.07) is 16.0. The lowest BCUT2D eigenvalue weighted by atomic mass is 9.75. The minimum atomic E-state index is -0.570. The predicted octanol–water partition coefficient (Wildman–Crippen LogP) is 2.81. The zero-order valence-corrected chi connectivity index (χ0v) is 15.1. The second-order valence-electron chi connectivity index (χ2n) is 6.86. The van der Waals surface area contributed by atoms with Gasteiger partial charge in [-0.1, -0.05) is 18.2 Å². The van der Waals surface area contributed by atoms with Crippen molar-refractivity contribution in [2.75, 3.05) is 26.9 Å². The van der Waals surface area contributed by atoms with Crippen molar-refractivity contribution in [2.45, 2.75) is 12.0 Å². The van der Waals surface area contributed by atoms with Crippen molar-refractivity contribution in [3.05, 3.63) is 53.6 Å². The van der Waals surface area contributed by atoms with Gasteiger partial charge >= 0.3 is 0 Å². The first kappa shape index (κ1) is 17.4. The van der Waals surface area contributed by atoms with E-state index in [-0.39, 0.29) is 11.9 Å². The van der Waals surface area contributed by atoms with Crippen LogP contribution in [-0.4, -0.2) is 33.0 Å². The number of nitrogens with zero attached hydrogens (tertiary/aromatic N) is 2. The number of nitrogens with two attached hydrogens (primary N) is 1. The zero-order valence-electron chi connectivity index (χ0n) is 15.1. The third kappa shape index (κ3) is 3.00. The fourth-order valence-corrected chi connectivity index (χ4v) is 3.86. The molecule has 0 aliphatic carbocycles. The number of hydrogen-bond acceptors (Lipinski definition) is 6. The number of hydrogen-bond donors (Lipinski definition) is 1. The fourth-order valence-electron chi connectivity index (χ4n) is 3.86. The van der Waals surface area contributed by atoms with Gasteiger partial charge < -0.3 is 19.9 Å². The first-order valence-electron chi connectivity index (χ1n) is 8.91. The molecule has 0 saturated heterocycles. The number of methoxy groups -OCH3 is 1. The van der Waals surface area contributed by atoms with Crippen LogP contribution in [-0.2, 0) is 15.0 Å². The van der Waals surface area contributed by atoms with Crippen molar-refractivity contribution < 1.29 is 14.2 Å². The second kappa shape index (κ2) is 6.93. The molecule has 0 bridgehead atoms. The molecule has 6 nitrogen and oxygen atoms in total. The van der Waals surface area contributed by atoms with E-state index in [1.165, 1.54) is 0 Å². The topological polar surface area (TPSA) is 89.9 Å². The Morgan fingerprint density at radius 3 is 2.85 bits per heavy atom. The Kier molecular flexibility index (Phi) is 4.46. The van der Waals surface area contributed by atoms with E-state index in [2.05, 4.69) is 12.1 Å². The molecule has 2 atom stereocenters. The monoisotopic (exact) mass is 363 g/mol. The molecule has 0 saturated carbocycles. The quantitative estimate of drug-likeness (QED) is 0.902. The molecule has 4 rings (SSSR count). The van der Waals surface area contributed by atoms with Crippen LogP contribution in [0, 0.1) is 17.2 Å². The van der Waals surface area contributed by atoms with Gasteiger partial charge in [0.2, 0.25) is 0 Å². The van der Waals surface area contributed by atoms with E-state index < -0.39 is 5.54 Å². The SMILES string of the molecule is COCCC1COc2ccc(-c3cccc(C#N)c3)cc2C12COC(N)=N2. The van der Waals surface area contributed by atoms with Gasteiger partial charge in [0.15, 0.2) is 0 Å². The lowest BCUT2D eigenvalue weighted by Gasteiger charge is -2.39. The molecule has 1 spiro atoms. The first-order valence-corrected chi connectivity index (χ1v) is 8.91. The Labute approximate surface area is 158 Å². The van der Waals surface area contributed by atoms with Gasteiger partial charge in [-0.3, -0.25) is 0 Å². The van der Waals surface area contributed by atoms with Crippen LogP contribution >= 0.6 is 0 Å². The fraction of sp³-hybridized carbons (Fsp3) is 0.333. The van der Waals surface area contributed by atoms with E-state index in [0.717, 1.165) is 28.9 Å². The summed E-state index contributed by atoms with van der Waals surface area (Å²) in [4.78, 5) is 4.71. The average Bonchev–Trinajstić information content (AvgIpc) is 3.09. The third-order valence-corrected chi connectivity index (χ3v) is 5.31. The highest BCUT2D eigenvalue weighted by molar-refractivity contribution is 5.75. The smallest absolute Gasteiger partial charge is 0.283 e. The van der Waals surface area contributed by atoms with Gasteiger partial charge in [-0.15, -0.1) is 0 Å². The summed E-state index contributed by atoms with van der Waals surface area (Å²) in [5.41, 5.74) is 8.89. The summed E-state index contributed by atoms with van der Waals surface area (Å²) in [6.45, 7) is 1.55. The maximum atomic E-state index is 9.18. The largest absolute Gasteiger partial charge is 0.493 e.